The van der Waals surface area contributed by atoms with Crippen LogP contribution in [0.25, 0.3) is 0 Å². The summed E-state index contributed by atoms with van der Waals surface area (Å²) >= 11 is 0. The number of nitrogens with zero attached hydrogens (tertiary/aromatic N) is 1. The van der Waals surface area contributed by atoms with Crippen molar-refractivity contribution < 1.29 is 8.95 Å². The van der Waals surface area contributed by atoms with Crippen molar-refractivity contribution in [3.05, 3.63) is 0 Å². The number of hydrogen-bond acceptors (Lipinski definition) is 4. The van der Waals surface area contributed by atoms with Crippen LogP contribution in [0.15, 0.2) is 5.16 Å². The van der Waals surface area contributed by atoms with Crippen LogP contribution in [-0.2, 0) is 8.95 Å². The smallest absolute Gasteiger partial charge is 0.478 e. The van der Waals surface area contributed by atoms with E-state index in [9.17, 15) is 0 Å². The zero-order valence-electron chi connectivity index (χ0n) is 2.84. The molecule has 4 nitrogen and oxygen atoms in total. The van der Waals surface area contributed by atoms with Crippen LogP contribution >= 0.6 is 0 Å². The molecule has 2 N–H and O–H groups in total. The van der Waals surface area contributed by atoms with Crippen molar-refractivity contribution in [2.24, 2.45) is 10.9 Å². The van der Waals surface area contributed by atoms with Crippen molar-refractivity contribution in [3.8, 4) is 0 Å². The number of nitrogens with two attached hydrogens (primary N) is 1. The Morgan fingerprint density at radius 3 is 2.83 bits per heavy atom. The summed E-state index contributed by atoms with van der Waals surface area (Å²) in [5.41, 5.74) is 4.94. The van der Waals surface area contributed by atoms with Gasteiger partial charge in [-0.1, -0.05) is 0 Å². The second-order valence-corrected chi connectivity index (χ2v) is 1.26. The third-order valence-corrected chi connectivity index (χ3v) is 0.777. The van der Waals surface area contributed by atoms with E-state index in [-0.39, 0.29) is 16.0 Å². The van der Waals surface area contributed by atoms with Crippen molar-refractivity contribution in [1.29, 1.82) is 0 Å². The van der Waals surface area contributed by atoms with Crippen LogP contribution in [0.2, 0.25) is 0 Å². The van der Waals surface area contributed by atoms with E-state index in [2.05, 4.69) is 14.1 Å². The molecule has 0 atom stereocenters. The van der Waals surface area contributed by atoms with Gasteiger partial charge in [-0.15, -0.1) is 0 Å². The van der Waals surface area contributed by atoms with Crippen molar-refractivity contribution in [2.45, 2.75) is 0 Å². The molecule has 1 aliphatic rings. The van der Waals surface area contributed by atoms with Crippen LogP contribution in [0.4, 0.5) is 0 Å². The lowest BCUT2D eigenvalue weighted by Gasteiger charge is -1.79. The Morgan fingerprint density at radius 1 is 1.83 bits per heavy atom. The van der Waals surface area contributed by atoms with Crippen molar-refractivity contribution >= 4 is 16.0 Å². The molecule has 1 aliphatic heterocycles. The van der Waals surface area contributed by atoms with Crippen LogP contribution in [0.1, 0.15) is 0 Å². The minimum atomic E-state index is -0.0397. The summed E-state index contributed by atoms with van der Waals surface area (Å²) in [5, 5.41) is 3.22. The van der Waals surface area contributed by atoms with Crippen molar-refractivity contribution in [2.75, 3.05) is 0 Å². The molecule has 32 valence electrons. The molecule has 0 unspecified atom stereocenters. The largest absolute Gasteiger partial charge is 0.636 e. The fourth-order valence-corrected chi connectivity index (χ4v) is 0.431. The fraction of sp³-hybridized carbons (Fsp3) is 0. The summed E-state index contributed by atoms with van der Waals surface area (Å²) in [7, 11) is -0.0397. The van der Waals surface area contributed by atoms with Crippen molar-refractivity contribution in [3.63, 3.8) is 0 Å². The van der Waals surface area contributed by atoms with Gasteiger partial charge in [0.1, 0.15) is 0 Å². The minimum absolute atomic E-state index is 0.0397. The molecule has 2 radical (unpaired) electrons. The summed E-state index contributed by atoms with van der Waals surface area (Å²) in [6, 6.07) is 0.119. The number of amidine groups is 1. The standard InChI is InChI=1S/CH2N2O2Si/c2-1-3-5-6-4-1/h(H2,2,3). The molecule has 0 aromatic heterocycles. The molecular formula is CH2N2O2Si. The molecule has 0 saturated heterocycles. The first-order chi connectivity index (χ1) is 2.89. The Hall–Kier alpha value is -0.713. The van der Waals surface area contributed by atoms with E-state index < -0.39 is 0 Å². The molecule has 0 aliphatic carbocycles. The van der Waals surface area contributed by atoms with E-state index in [0.717, 1.165) is 0 Å². The second kappa shape index (κ2) is 1.17. The maximum Gasteiger partial charge on any atom is 0.636 e. The fourth-order valence-electron chi connectivity index (χ4n) is 0.144. The molecule has 0 amide bonds. The first-order valence-electron chi connectivity index (χ1n) is 1.31. The average Bonchev–Trinajstić information content (AvgIpc) is 1.86. The molecule has 0 aromatic rings. The van der Waals surface area contributed by atoms with E-state index in [1.807, 2.05) is 0 Å². The summed E-state index contributed by atoms with van der Waals surface area (Å²) in [4.78, 5) is 0. The molecule has 1 heterocycles. The van der Waals surface area contributed by atoms with Crippen LogP contribution < -0.4 is 5.73 Å². The Labute approximate surface area is 37.0 Å². The third kappa shape index (κ3) is 0.435. The van der Waals surface area contributed by atoms with Gasteiger partial charge < -0.3 is 14.7 Å². The number of rotatable bonds is 0. The van der Waals surface area contributed by atoms with Gasteiger partial charge in [-0.25, -0.2) is 0 Å². The van der Waals surface area contributed by atoms with Gasteiger partial charge in [0.15, 0.2) is 0 Å². The van der Waals surface area contributed by atoms with Crippen LogP contribution in [-0.4, -0.2) is 16.0 Å². The van der Waals surface area contributed by atoms with Gasteiger partial charge in [-0.05, 0) is 5.16 Å². The Balaban J connectivity index is 2.45. The van der Waals surface area contributed by atoms with E-state index in [4.69, 9.17) is 5.73 Å². The van der Waals surface area contributed by atoms with E-state index in [1.54, 1.807) is 0 Å². The van der Waals surface area contributed by atoms with Gasteiger partial charge in [-0.3, -0.25) is 0 Å². The van der Waals surface area contributed by atoms with Gasteiger partial charge in [0.05, 0.1) is 0 Å². The maximum absolute atomic E-state index is 4.94. The molecule has 0 fully saturated rings. The molecule has 0 aromatic carbocycles. The van der Waals surface area contributed by atoms with Crippen molar-refractivity contribution in [1.82, 2.24) is 0 Å². The summed E-state index contributed by atoms with van der Waals surface area (Å²) in [6.45, 7) is 0. The van der Waals surface area contributed by atoms with Gasteiger partial charge in [-0.2, -0.15) is 0 Å². The highest BCUT2D eigenvalue weighted by molar-refractivity contribution is 6.24. The topological polar surface area (TPSA) is 56.8 Å². The Kier molecular flexibility index (Phi) is 0.679. The van der Waals surface area contributed by atoms with E-state index >= 15 is 0 Å². The molecular weight excluding hydrogens is 100 g/mol. The molecule has 0 bridgehead atoms. The molecule has 5 heteroatoms. The molecule has 0 spiro atoms. The highest BCUT2D eigenvalue weighted by atomic mass is 28.3. The SMILES string of the molecule is NC1=NO[Si]O1. The zero-order chi connectivity index (χ0) is 4.41. The molecule has 0 saturated carbocycles. The average molecular weight is 102 g/mol. The summed E-state index contributed by atoms with van der Waals surface area (Å²) in [5.74, 6) is 0. The van der Waals surface area contributed by atoms with Crippen LogP contribution in [0.5, 0.6) is 0 Å². The summed E-state index contributed by atoms with van der Waals surface area (Å²) in [6.07, 6.45) is 0. The van der Waals surface area contributed by atoms with Crippen LogP contribution in [0, 0.1) is 0 Å². The monoisotopic (exact) mass is 102 g/mol. The van der Waals surface area contributed by atoms with E-state index in [1.165, 1.54) is 0 Å². The van der Waals surface area contributed by atoms with Gasteiger partial charge in [0.25, 0.3) is 0 Å². The predicted octanol–water partition coefficient (Wildman–Crippen LogP) is -1.20. The summed E-state index contributed by atoms with van der Waals surface area (Å²) < 4.78 is 8.81. The normalized spacial score (nSPS) is 18.3. The highest BCUT2D eigenvalue weighted by Gasteiger charge is 2.05. The predicted molar refractivity (Wildman–Crippen MR) is 19.5 cm³/mol. The quantitative estimate of drug-likeness (QED) is 0.391. The van der Waals surface area contributed by atoms with Crippen LogP contribution in [0.3, 0.4) is 0 Å². The lowest BCUT2D eigenvalue weighted by molar-refractivity contribution is 0.355. The second-order valence-electron chi connectivity index (χ2n) is 0.706. The van der Waals surface area contributed by atoms with Gasteiger partial charge in [0, 0.05) is 0 Å². The lowest BCUT2D eigenvalue weighted by atomic mass is 11.2. The first kappa shape index (κ1) is 3.48. The van der Waals surface area contributed by atoms with Gasteiger partial charge in [0.2, 0.25) is 0 Å². The van der Waals surface area contributed by atoms with Gasteiger partial charge >= 0.3 is 16.0 Å². The first-order valence-corrected chi connectivity index (χ1v) is 2.12. The third-order valence-electron chi connectivity index (χ3n) is 0.319. The number of hydrogen-bond donors (Lipinski definition) is 1. The molecule has 1 rings (SSSR count). The Morgan fingerprint density at radius 2 is 2.67 bits per heavy atom. The maximum atomic E-state index is 4.94. The molecule has 6 heavy (non-hydrogen) atoms. The minimum Gasteiger partial charge on any atom is -0.478 e. The van der Waals surface area contributed by atoms with E-state index in [0.29, 0.717) is 0 Å². The highest BCUT2D eigenvalue weighted by Crippen LogP contribution is 1.84. The number of oxime groups is 1. The Bertz CT molecular complexity index is 81.6. The lowest BCUT2D eigenvalue weighted by Crippen LogP contribution is -2.11. The zero-order valence-corrected chi connectivity index (χ0v) is 3.84.